The quantitative estimate of drug-likeness (QED) is 0.330. The molecule has 35 heavy (non-hydrogen) atoms. The molecule has 1 aliphatic carbocycles. The second-order valence-corrected chi connectivity index (χ2v) is 9.04. The van der Waals surface area contributed by atoms with Crippen molar-refractivity contribution in [3.8, 4) is 17.0 Å². The minimum Gasteiger partial charge on any atom is -0.477 e. The van der Waals surface area contributed by atoms with Crippen molar-refractivity contribution in [2.75, 3.05) is 4.90 Å². The monoisotopic (exact) mass is 455 g/mol. The van der Waals surface area contributed by atoms with Crippen molar-refractivity contribution in [3.05, 3.63) is 120 Å². The molecule has 7 rings (SSSR count). The maximum Gasteiger partial charge on any atom is 0.272 e. The average molecular weight is 456 g/mol. The van der Waals surface area contributed by atoms with Crippen molar-refractivity contribution in [3.63, 3.8) is 0 Å². The normalized spacial score (nSPS) is 20.0. The molecule has 1 amide bonds. The lowest BCUT2D eigenvalue weighted by Gasteiger charge is -2.54. The molecule has 5 nitrogen and oxygen atoms in total. The van der Waals surface area contributed by atoms with Gasteiger partial charge < -0.3 is 4.74 Å². The zero-order valence-electron chi connectivity index (χ0n) is 19.1. The third-order valence-electron chi connectivity index (χ3n) is 6.99. The molecule has 2 heterocycles. The summed E-state index contributed by atoms with van der Waals surface area (Å²) >= 11 is 0. The van der Waals surface area contributed by atoms with E-state index in [4.69, 9.17) is 14.7 Å². The zero-order chi connectivity index (χ0) is 23.6. The van der Waals surface area contributed by atoms with Crippen LogP contribution in [0.15, 0.2) is 103 Å². The van der Waals surface area contributed by atoms with E-state index in [2.05, 4.69) is 12.1 Å². The summed E-state index contributed by atoms with van der Waals surface area (Å²) < 4.78 is 6.44. The number of fused-ring (bicyclic) bond motifs is 6. The van der Waals surface area contributed by atoms with Gasteiger partial charge in [0.25, 0.3) is 5.91 Å². The molecule has 0 N–H and O–H groups in total. The molecular formula is C30H21N3O2. The van der Waals surface area contributed by atoms with Crippen LogP contribution in [-0.2, 0) is 10.3 Å². The first-order chi connectivity index (χ1) is 17.2. The lowest BCUT2D eigenvalue weighted by molar-refractivity contribution is -0.139. The van der Waals surface area contributed by atoms with E-state index in [1.807, 2.05) is 103 Å². The van der Waals surface area contributed by atoms with Crippen LogP contribution in [0, 0.1) is 6.92 Å². The number of aryl methyl sites for hydroxylation is 1. The molecule has 1 saturated heterocycles. The predicted octanol–water partition coefficient (Wildman–Crippen LogP) is 5.66. The molecule has 4 aromatic carbocycles. The Labute approximate surface area is 202 Å². The molecule has 1 aliphatic heterocycles. The van der Waals surface area contributed by atoms with Gasteiger partial charge in [-0.2, -0.15) is 0 Å². The van der Waals surface area contributed by atoms with Gasteiger partial charge in [-0.3, -0.25) is 9.69 Å². The predicted molar refractivity (Wildman–Crippen MR) is 135 cm³/mol. The maximum atomic E-state index is 13.8. The lowest BCUT2D eigenvalue weighted by Crippen LogP contribution is -2.74. The molecule has 168 valence electrons. The summed E-state index contributed by atoms with van der Waals surface area (Å²) in [6.45, 7) is 2.04. The first-order valence-corrected chi connectivity index (χ1v) is 11.7. The highest BCUT2D eigenvalue weighted by Gasteiger charge is 2.69. The number of aromatic nitrogens is 2. The Balaban J connectivity index is 1.53. The molecule has 2 atom stereocenters. The van der Waals surface area contributed by atoms with Crippen molar-refractivity contribution in [1.82, 2.24) is 9.97 Å². The number of β-lactam (4-membered cyclic amide) rings is 1. The summed E-state index contributed by atoms with van der Waals surface area (Å²) in [5.41, 5.74) is 6.14. The van der Waals surface area contributed by atoms with Crippen LogP contribution < -0.4 is 9.64 Å². The fourth-order valence-corrected chi connectivity index (χ4v) is 5.41. The van der Waals surface area contributed by atoms with E-state index in [0.717, 1.165) is 44.8 Å². The highest BCUT2D eigenvalue weighted by Crippen LogP contribution is 2.58. The first kappa shape index (κ1) is 19.9. The molecule has 2 aliphatic rings. The second-order valence-electron chi connectivity index (χ2n) is 9.04. The van der Waals surface area contributed by atoms with E-state index in [1.165, 1.54) is 0 Å². The zero-order valence-corrected chi connectivity index (χ0v) is 19.1. The number of rotatable bonds is 3. The molecule has 1 spiro atoms. The summed E-state index contributed by atoms with van der Waals surface area (Å²) in [6, 6.07) is 33.5. The molecule has 0 radical (unpaired) electrons. The SMILES string of the molecule is Cc1ccc(N2C(=O)[C@@H](Oc3ccccc3)[C@]23c2ccccc2-c2nc4ccccc4nc23)cc1. The Morgan fingerprint density at radius 2 is 1.43 bits per heavy atom. The molecule has 1 fully saturated rings. The van der Waals surface area contributed by atoms with Crippen LogP contribution in [0.2, 0.25) is 0 Å². The molecule has 0 unspecified atom stereocenters. The van der Waals surface area contributed by atoms with Crippen LogP contribution in [0.3, 0.4) is 0 Å². The van der Waals surface area contributed by atoms with Gasteiger partial charge in [-0.1, -0.05) is 72.3 Å². The Hall–Kier alpha value is -4.51. The second kappa shape index (κ2) is 7.24. The standard InChI is InChI=1S/C30H21N3O2/c1-19-15-17-20(18-16-19)33-29(34)28(35-21-9-3-2-4-10-21)30(33)23-12-6-5-11-22(23)26-27(30)32-25-14-8-7-13-24(25)31-26/h2-18,28H,1H3/t28-,30-/m1/s1. The van der Waals surface area contributed by atoms with E-state index in [-0.39, 0.29) is 5.91 Å². The molecule has 0 saturated carbocycles. The number of ether oxygens (including phenoxy) is 1. The number of carbonyl (C=O) groups is 1. The average Bonchev–Trinajstić information content (AvgIpc) is 3.19. The molecule has 5 heteroatoms. The van der Waals surface area contributed by atoms with Gasteiger partial charge in [0.2, 0.25) is 6.10 Å². The van der Waals surface area contributed by atoms with Crippen molar-refractivity contribution >= 4 is 22.6 Å². The van der Waals surface area contributed by atoms with Gasteiger partial charge in [0, 0.05) is 11.3 Å². The van der Waals surface area contributed by atoms with Gasteiger partial charge >= 0.3 is 0 Å². The Kier molecular flexibility index (Phi) is 4.12. The summed E-state index contributed by atoms with van der Waals surface area (Å²) in [4.78, 5) is 25.8. The summed E-state index contributed by atoms with van der Waals surface area (Å²) in [5.74, 6) is 0.545. The number of anilines is 1. The lowest BCUT2D eigenvalue weighted by atomic mass is 9.74. The van der Waals surface area contributed by atoms with Gasteiger partial charge in [0.15, 0.2) is 5.54 Å². The smallest absolute Gasteiger partial charge is 0.272 e. The highest BCUT2D eigenvalue weighted by molar-refractivity contribution is 6.11. The van der Waals surface area contributed by atoms with E-state index >= 15 is 0 Å². The Morgan fingerprint density at radius 3 is 2.20 bits per heavy atom. The topological polar surface area (TPSA) is 55.3 Å². The molecular weight excluding hydrogens is 434 g/mol. The van der Waals surface area contributed by atoms with Crippen molar-refractivity contribution in [1.29, 1.82) is 0 Å². The van der Waals surface area contributed by atoms with Crippen molar-refractivity contribution in [2.24, 2.45) is 0 Å². The van der Waals surface area contributed by atoms with Gasteiger partial charge in [-0.15, -0.1) is 0 Å². The third kappa shape index (κ3) is 2.66. The summed E-state index contributed by atoms with van der Waals surface area (Å²) in [5, 5.41) is 0. The van der Waals surface area contributed by atoms with Crippen LogP contribution in [0.5, 0.6) is 5.75 Å². The number of benzene rings is 4. The van der Waals surface area contributed by atoms with Gasteiger partial charge in [-0.05, 0) is 48.9 Å². The number of para-hydroxylation sites is 3. The number of nitrogens with zero attached hydrogens (tertiary/aromatic N) is 3. The molecule has 0 bridgehead atoms. The van der Waals surface area contributed by atoms with Crippen molar-refractivity contribution < 1.29 is 9.53 Å². The van der Waals surface area contributed by atoms with E-state index in [0.29, 0.717) is 5.75 Å². The number of amides is 1. The molecule has 1 aromatic heterocycles. The van der Waals surface area contributed by atoms with E-state index in [1.54, 1.807) is 0 Å². The minimum atomic E-state index is -0.925. The summed E-state index contributed by atoms with van der Waals surface area (Å²) in [7, 11) is 0. The summed E-state index contributed by atoms with van der Waals surface area (Å²) in [6.07, 6.45) is -0.774. The van der Waals surface area contributed by atoms with Crippen LogP contribution in [0.1, 0.15) is 16.8 Å². The number of hydrogen-bond donors (Lipinski definition) is 0. The fourth-order valence-electron chi connectivity index (χ4n) is 5.41. The minimum absolute atomic E-state index is 0.102. The highest BCUT2D eigenvalue weighted by atomic mass is 16.5. The van der Waals surface area contributed by atoms with Gasteiger partial charge in [-0.25, -0.2) is 9.97 Å². The van der Waals surface area contributed by atoms with Crippen LogP contribution in [0.25, 0.3) is 22.3 Å². The first-order valence-electron chi connectivity index (χ1n) is 11.7. The Morgan fingerprint density at radius 1 is 0.771 bits per heavy atom. The van der Waals surface area contributed by atoms with Crippen LogP contribution in [0.4, 0.5) is 5.69 Å². The Bertz CT molecular complexity index is 1610. The number of carbonyl (C=O) groups excluding carboxylic acids is 1. The van der Waals surface area contributed by atoms with Crippen LogP contribution >= 0.6 is 0 Å². The van der Waals surface area contributed by atoms with Crippen LogP contribution in [-0.4, -0.2) is 22.0 Å². The van der Waals surface area contributed by atoms with E-state index < -0.39 is 11.6 Å². The number of hydrogen-bond acceptors (Lipinski definition) is 4. The fraction of sp³-hybridized carbons (Fsp3) is 0.100. The largest absolute Gasteiger partial charge is 0.477 e. The van der Waals surface area contributed by atoms with Gasteiger partial charge in [0.05, 0.1) is 16.7 Å². The van der Waals surface area contributed by atoms with E-state index in [9.17, 15) is 4.79 Å². The van der Waals surface area contributed by atoms with Crippen molar-refractivity contribution in [2.45, 2.75) is 18.6 Å². The van der Waals surface area contributed by atoms with Gasteiger partial charge in [0.1, 0.15) is 11.4 Å². The third-order valence-corrected chi connectivity index (χ3v) is 6.99. The molecule has 5 aromatic rings. The maximum absolute atomic E-state index is 13.8.